The number of carboxylic acid groups (broad SMARTS) is 1. The van der Waals surface area contributed by atoms with Gasteiger partial charge in [-0.15, -0.1) is 0 Å². The Balaban J connectivity index is 0. The number of nitriles is 2. The summed E-state index contributed by atoms with van der Waals surface area (Å²) in [5.41, 5.74) is -0.637. The highest BCUT2D eigenvalue weighted by atomic mass is 16.6. The minimum Gasteiger partial charge on any atom is -0.476 e. The van der Waals surface area contributed by atoms with Crippen LogP contribution >= 0.6 is 0 Å². The molecule has 0 aliphatic heterocycles. The van der Waals surface area contributed by atoms with Crippen LogP contribution in [0.1, 0.15) is 13.3 Å². The van der Waals surface area contributed by atoms with Crippen LogP contribution in [0.25, 0.3) is 0 Å². The van der Waals surface area contributed by atoms with Gasteiger partial charge < -0.3 is 19.9 Å². The van der Waals surface area contributed by atoms with Gasteiger partial charge in [-0.3, -0.25) is 0 Å². The molecule has 0 heterocycles. The lowest BCUT2D eigenvalue weighted by molar-refractivity contribution is -0.135. The quantitative estimate of drug-likeness (QED) is 0.224. The molecule has 10 nitrogen and oxygen atoms in total. The fourth-order valence-electron chi connectivity index (χ4n) is 0.518. The number of esters is 1. The molecule has 2 N–H and O–H groups in total. The molecule has 20 heavy (non-hydrogen) atoms. The summed E-state index contributed by atoms with van der Waals surface area (Å²) in [7, 11) is 0. The molecule has 0 radical (unpaired) electrons. The summed E-state index contributed by atoms with van der Waals surface area (Å²) in [5, 5.41) is 37.5. The van der Waals surface area contributed by atoms with Crippen LogP contribution in [-0.2, 0) is 19.2 Å². The van der Waals surface area contributed by atoms with Gasteiger partial charge in [0.15, 0.2) is 6.21 Å². The first-order chi connectivity index (χ1) is 9.53. The van der Waals surface area contributed by atoms with E-state index in [2.05, 4.69) is 19.9 Å². The monoisotopic (exact) mass is 284 g/mol. The summed E-state index contributed by atoms with van der Waals surface area (Å²) in [4.78, 5) is 24.6. The van der Waals surface area contributed by atoms with E-state index in [1.807, 2.05) is 0 Å². The van der Waals surface area contributed by atoms with Gasteiger partial charge in [-0.05, 0) is 6.92 Å². The van der Waals surface area contributed by atoms with Crippen LogP contribution in [0.15, 0.2) is 10.3 Å². The van der Waals surface area contributed by atoms with Gasteiger partial charge in [-0.25, -0.2) is 9.59 Å². The van der Waals surface area contributed by atoms with E-state index in [1.54, 1.807) is 13.0 Å². The predicted molar refractivity (Wildman–Crippen MR) is 63.8 cm³/mol. The summed E-state index contributed by atoms with van der Waals surface area (Å²) in [6.07, 6.45) is 0.766. The molecule has 0 unspecified atom stereocenters. The second-order valence-electron chi connectivity index (χ2n) is 2.59. The van der Waals surface area contributed by atoms with Crippen molar-refractivity contribution in [1.29, 1.82) is 10.5 Å². The largest absolute Gasteiger partial charge is 0.476 e. The second-order valence-corrected chi connectivity index (χ2v) is 2.59. The molecule has 0 bridgehead atoms. The number of aliphatic carboxylic acids is 1. The van der Waals surface area contributed by atoms with Gasteiger partial charge in [0, 0.05) is 0 Å². The SMILES string of the molecule is CCON=C(C#N)C(=O)O.N#CCCOC(=O)C=NO. The third-order valence-corrected chi connectivity index (χ3v) is 1.21. The number of oxime groups is 2. The fourth-order valence-corrected chi connectivity index (χ4v) is 0.518. The summed E-state index contributed by atoms with van der Waals surface area (Å²) in [6, 6.07) is 3.14. The van der Waals surface area contributed by atoms with E-state index in [9.17, 15) is 9.59 Å². The van der Waals surface area contributed by atoms with E-state index < -0.39 is 17.7 Å². The minimum atomic E-state index is -1.38. The average molecular weight is 284 g/mol. The number of carbonyl (C=O) groups excluding carboxylic acids is 1. The van der Waals surface area contributed by atoms with Gasteiger partial charge in [-0.2, -0.15) is 10.5 Å². The zero-order valence-electron chi connectivity index (χ0n) is 10.5. The summed E-state index contributed by atoms with van der Waals surface area (Å²) >= 11 is 0. The fraction of sp³-hybridized carbons (Fsp3) is 0.400. The van der Waals surface area contributed by atoms with Crippen LogP contribution in [0.5, 0.6) is 0 Å². The van der Waals surface area contributed by atoms with E-state index in [-0.39, 0.29) is 19.6 Å². The third kappa shape index (κ3) is 12.9. The number of ether oxygens (including phenoxy) is 1. The van der Waals surface area contributed by atoms with Gasteiger partial charge in [0.25, 0.3) is 5.71 Å². The van der Waals surface area contributed by atoms with Crippen molar-refractivity contribution in [2.75, 3.05) is 13.2 Å². The molecule has 108 valence electrons. The molecule has 0 atom stereocenters. The number of hydrogen-bond donors (Lipinski definition) is 2. The topological polar surface area (TPSA) is 165 Å². The number of carboxylic acids is 1. The van der Waals surface area contributed by atoms with Crippen LogP contribution in [0.3, 0.4) is 0 Å². The van der Waals surface area contributed by atoms with Crippen LogP contribution in [0.2, 0.25) is 0 Å². The number of carbonyl (C=O) groups is 2. The molecule has 0 aromatic carbocycles. The maximum atomic E-state index is 10.3. The highest BCUT2D eigenvalue weighted by Gasteiger charge is 2.07. The molecule has 0 aliphatic carbocycles. The molecule has 0 rings (SSSR count). The molecule has 0 fully saturated rings. The summed E-state index contributed by atoms with van der Waals surface area (Å²) < 4.78 is 4.35. The molecular weight excluding hydrogens is 272 g/mol. The van der Waals surface area contributed by atoms with Crippen LogP contribution < -0.4 is 0 Å². The lowest BCUT2D eigenvalue weighted by Crippen LogP contribution is -2.10. The Morgan fingerprint density at radius 3 is 2.45 bits per heavy atom. The smallest absolute Gasteiger partial charge is 0.369 e. The summed E-state index contributed by atoms with van der Waals surface area (Å²) in [6.45, 7) is 1.92. The molecule has 0 amide bonds. The Labute approximate surface area is 114 Å². The first-order valence-corrected chi connectivity index (χ1v) is 5.07. The Hall–Kier alpha value is -3.14. The molecule has 0 aromatic heterocycles. The predicted octanol–water partition coefficient (Wildman–Crippen LogP) is -0.110. The molecule has 0 aliphatic rings. The van der Waals surface area contributed by atoms with Crippen LogP contribution in [-0.4, -0.2) is 47.4 Å². The van der Waals surface area contributed by atoms with Crippen molar-refractivity contribution < 1.29 is 29.5 Å². The average Bonchev–Trinajstić information content (AvgIpc) is 2.40. The number of hydrogen-bond acceptors (Lipinski definition) is 9. The van der Waals surface area contributed by atoms with Crippen molar-refractivity contribution in [2.24, 2.45) is 10.3 Å². The third-order valence-electron chi connectivity index (χ3n) is 1.21. The lowest BCUT2D eigenvalue weighted by atomic mass is 10.4. The number of nitrogens with zero attached hydrogens (tertiary/aromatic N) is 4. The van der Waals surface area contributed by atoms with E-state index in [4.69, 9.17) is 20.8 Å². The van der Waals surface area contributed by atoms with Crippen LogP contribution in [0.4, 0.5) is 0 Å². The van der Waals surface area contributed by atoms with Crippen molar-refractivity contribution in [3.8, 4) is 12.1 Å². The van der Waals surface area contributed by atoms with Crippen LogP contribution in [0, 0.1) is 22.7 Å². The van der Waals surface area contributed by atoms with E-state index in [0.717, 1.165) is 0 Å². The van der Waals surface area contributed by atoms with Crippen molar-refractivity contribution in [3.63, 3.8) is 0 Å². The first-order valence-electron chi connectivity index (χ1n) is 5.07. The molecular formula is C10H12N4O6. The van der Waals surface area contributed by atoms with E-state index >= 15 is 0 Å². The zero-order valence-corrected chi connectivity index (χ0v) is 10.5. The molecule has 0 saturated carbocycles. The lowest BCUT2D eigenvalue weighted by Gasteiger charge is -1.93. The van der Waals surface area contributed by atoms with Crippen molar-refractivity contribution in [2.45, 2.75) is 13.3 Å². The maximum Gasteiger partial charge on any atom is 0.369 e. The molecule has 0 saturated heterocycles. The molecule has 10 heteroatoms. The van der Waals surface area contributed by atoms with E-state index in [0.29, 0.717) is 6.21 Å². The molecule has 0 spiro atoms. The normalized spacial score (nSPS) is 9.65. The maximum absolute atomic E-state index is 10.3. The Morgan fingerprint density at radius 1 is 1.40 bits per heavy atom. The first kappa shape index (κ1) is 19.2. The van der Waals surface area contributed by atoms with Gasteiger partial charge >= 0.3 is 11.9 Å². The Bertz CT molecular complexity index is 446. The highest BCUT2D eigenvalue weighted by Crippen LogP contribution is 1.80. The van der Waals surface area contributed by atoms with Gasteiger partial charge in [0.05, 0.1) is 12.5 Å². The zero-order chi connectivity index (χ0) is 15.8. The van der Waals surface area contributed by atoms with Crippen molar-refractivity contribution in [3.05, 3.63) is 0 Å². The highest BCUT2D eigenvalue weighted by molar-refractivity contribution is 6.42. The van der Waals surface area contributed by atoms with E-state index in [1.165, 1.54) is 6.07 Å². The Morgan fingerprint density at radius 2 is 2.05 bits per heavy atom. The van der Waals surface area contributed by atoms with Crippen molar-refractivity contribution in [1.82, 2.24) is 0 Å². The standard InChI is InChI=1S/2C5H6N2O3/c1-2-10-7-4(3-6)5(8)9;6-2-1-3-10-5(8)4-7-9/h2H2,1H3,(H,8,9);4,9H,1,3H2. The Kier molecular flexibility index (Phi) is 13.4. The van der Waals surface area contributed by atoms with Gasteiger partial charge in [-0.1, -0.05) is 10.3 Å². The summed E-state index contributed by atoms with van der Waals surface area (Å²) in [5.74, 6) is -2.13. The van der Waals surface area contributed by atoms with Gasteiger partial charge in [0.2, 0.25) is 0 Å². The molecule has 0 aromatic rings. The van der Waals surface area contributed by atoms with Crippen molar-refractivity contribution >= 4 is 23.9 Å². The number of rotatable bonds is 6. The minimum absolute atomic E-state index is 0.0291. The second kappa shape index (κ2) is 13.9. The van der Waals surface area contributed by atoms with Gasteiger partial charge in [0.1, 0.15) is 19.3 Å².